The van der Waals surface area contributed by atoms with Crippen molar-refractivity contribution in [3.05, 3.63) is 87.4 Å². The van der Waals surface area contributed by atoms with Crippen molar-refractivity contribution in [3.8, 4) is 11.5 Å². The lowest BCUT2D eigenvalue weighted by atomic mass is 9.94. The second-order valence-electron chi connectivity index (χ2n) is 12.3. The summed E-state index contributed by atoms with van der Waals surface area (Å²) in [5.74, 6) is -0.567. The van der Waals surface area contributed by atoms with Gasteiger partial charge in [-0.05, 0) is 73.7 Å². The van der Waals surface area contributed by atoms with Crippen LogP contribution in [0.2, 0.25) is 10.0 Å². The number of fused-ring (bicyclic) bond motifs is 1. The average molecular weight is 694 g/mol. The summed E-state index contributed by atoms with van der Waals surface area (Å²) < 4.78 is 18.4. The highest BCUT2D eigenvalue weighted by molar-refractivity contribution is 6.31. The number of hydrogen-bond acceptors (Lipinski definition) is 6. The number of carbonyl (C=O) groups excluding carboxylic acids is 1. The molecule has 4 rings (SSSR count). The molecule has 46 heavy (non-hydrogen) atoms. The summed E-state index contributed by atoms with van der Waals surface area (Å²) in [6, 6.07) is 18.7. The second-order valence-corrected chi connectivity index (χ2v) is 13.2. The van der Waals surface area contributed by atoms with Crippen LogP contribution in [0, 0.1) is 5.41 Å². The van der Waals surface area contributed by atoms with Crippen molar-refractivity contribution in [2.45, 2.75) is 58.7 Å². The van der Waals surface area contributed by atoms with Crippen LogP contribution in [0.15, 0.2) is 60.7 Å². The Balaban J connectivity index is 0.00000576. The minimum atomic E-state index is -1.22. The number of aliphatic carboxylic acids is 1. The van der Waals surface area contributed by atoms with Crippen LogP contribution in [-0.4, -0.2) is 56.4 Å². The summed E-state index contributed by atoms with van der Waals surface area (Å²) in [5, 5.41) is 14.4. The Morgan fingerprint density at radius 1 is 1.02 bits per heavy atom. The first kappa shape index (κ1) is 37.4. The topological polar surface area (TPSA) is 97.3 Å². The number of carbonyl (C=O) groups is 2. The smallest absolute Gasteiger partial charge is 0.306 e. The van der Waals surface area contributed by atoms with E-state index in [2.05, 4.69) is 11.4 Å². The van der Waals surface area contributed by atoms with E-state index < -0.39 is 30.5 Å². The van der Waals surface area contributed by atoms with Crippen molar-refractivity contribution in [2.75, 3.05) is 38.3 Å². The highest BCUT2D eigenvalue weighted by atomic mass is 35.5. The Morgan fingerprint density at radius 2 is 1.76 bits per heavy atom. The predicted molar refractivity (Wildman–Crippen MR) is 185 cm³/mol. The molecular weight excluding hydrogens is 651 g/mol. The fourth-order valence-corrected chi connectivity index (χ4v) is 5.83. The van der Waals surface area contributed by atoms with Crippen molar-refractivity contribution in [1.82, 2.24) is 5.32 Å². The Kier molecular flexibility index (Phi) is 14.0. The molecule has 0 spiro atoms. The maximum Gasteiger partial charge on any atom is 0.306 e. The zero-order valence-electron chi connectivity index (χ0n) is 26.7. The van der Waals surface area contributed by atoms with Gasteiger partial charge in [0.25, 0.3) is 5.91 Å². The first-order chi connectivity index (χ1) is 21.5. The van der Waals surface area contributed by atoms with Gasteiger partial charge in [-0.2, -0.15) is 0 Å². The van der Waals surface area contributed by atoms with Crippen molar-refractivity contribution in [1.29, 1.82) is 0 Å². The number of nitrogens with one attached hydrogen (secondary N) is 1. The zero-order valence-corrected chi connectivity index (χ0v) is 29.0. The monoisotopic (exact) mass is 692 g/mol. The molecule has 0 aliphatic carbocycles. The lowest BCUT2D eigenvalue weighted by Crippen LogP contribution is -2.44. The fraction of sp³-hybridized carbons (Fsp3) is 0.429. The number of methoxy groups -OCH3 is 1. The highest BCUT2D eigenvalue weighted by Gasteiger charge is 2.40. The van der Waals surface area contributed by atoms with E-state index in [4.69, 9.17) is 37.4 Å². The summed E-state index contributed by atoms with van der Waals surface area (Å²) in [7, 11) is 1.55. The van der Waals surface area contributed by atoms with Crippen LogP contribution in [-0.2, 0) is 20.7 Å². The summed E-state index contributed by atoms with van der Waals surface area (Å²) >= 11 is 12.7. The maximum absolute atomic E-state index is 13.8. The Hall–Kier alpha value is -3.01. The number of rotatable bonds is 14. The molecule has 0 bridgehead atoms. The van der Waals surface area contributed by atoms with Gasteiger partial charge < -0.3 is 29.5 Å². The van der Waals surface area contributed by atoms with Gasteiger partial charge in [-0.1, -0.05) is 74.3 Å². The van der Waals surface area contributed by atoms with Gasteiger partial charge in [-0.25, -0.2) is 0 Å². The van der Waals surface area contributed by atoms with Crippen molar-refractivity contribution >= 4 is 53.2 Å². The number of halogens is 3. The molecule has 0 saturated heterocycles. The van der Waals surface area contributed by atoms with Crippen LogP contribution in [0.25, 0.3) is 0 Å². The number of ether oxygens (including phenoxy) is 3. The molecule has 2 N–H and O–H groups in total. The number of carboxylic acids is 1. The molecule has 8 nitrogen and oxygen atoms in total. The quantitative estimate of drug-likeness (QED) is 0.167. The fourth-order valence-electron chi connectivity index (χ4n) is 5.42. The minimum absolute atomic E-state index is 0. The van der Waals surface area contributed by atoms with Crippen LogP contribution in [0.1, 0.15) is 62.8 Å². The van der Waals surface area contributed by atoms with E-state index >= 15 is 0 Å². The zero-order chi connectivity index (χ0) is 32.6. The number of hydrogen-bond donors (Lipinski definition) is 2. The number of carboxylic acid groups (broad SMARTS) is 1. The van der Waals surface area contributed by atoms with Gasteiger partial charge in [0.15, 0.2) is 11.5 Å². The largest absolute Gasteiger partial charge is 0.492 e. The van der Waals surface area contributed by atoms with Crippen molar-refractivity contribution in [3.63, 3.8) is 0 Å². The SMILES string of the molecule is COc1c(OCCCNCCCc2ccccc2Cl)cccc1[C@H]1O[C@H](CC(=O)O)C(=O)N(CC(C)(C)C)c2ccc(Cl)cc21.Cl. The standard InChI is InChI=1S/C35H42Cl2N2O6.ClH/c1-35(2,3)22-39-28-16-15-24(36)20-26(28)32(45-30(34(39)42)21-31(40)41)25-12-7-14-29(33(25)43-4)44-19-9-18-38-17-8-11-23-10-5-6-13-27(23)37;/h5-7,10,12-16,20,30,32,38H,8-9,11,17-19,21-22H2,1-4H3,(H,40,41);1H/t30-,32-;/m1./s1. The summed E-state index contributed by atoms with van der Waals surface area (Å²) in [6.45, 7) is 8.52. The molecule has 3 aromatic rings. The van der Waals surface area contributed by atoms with E-state index in [0.717, 1.165) is 42.9 Å². The predicted octanol–water partition coefficient (Wildman–Crippen LogP) is 7.76. The molecule has 1 aliphatic rings. The van der Waals surface area contributed by atoms with Crippen LogP contribution in [0.5, 0.6) is 11.5 Å². The molecule has 0 radical (unpaired) electrons. The van der Waals surface area contributed by atoms with Crippen LogP contribution >= 0.6 is 35.6 Å². The van der Waals surface area contributed by atoms with Gasteiger partial charge in [0, 0.05) is 33.4 Å². The van der Waals surface area contributed by atoms with Crippen LogP contribution in [0.3, 0.4) is 0 Å². The van der Waals surface area contributed by atoms with E-state index in [-0.39, 0.29) is 17.8 Å². The molecular formula is C35H43Cl3N2O6. The first-order valence-electron chi connectivity index (χ1n) is 15.2. The molecule has 1 amide bonds. The van der Waals surface area contributed by atoms with Gasteiger partial charge in [-0.15, -0.1) is 12.4 Å². The molecule has 3 aromatic carbocycles. The summed E-state index contributed by atoms with van der Waals surface area (Å²) in [4.78, 5) is 27.3. The minimum Gasteiger partial charge on any atom is -0.492 e. The lowest BCUT2D eigenvalue weighted by Gasteiger charge is -2.31. The molecule has 0 aromatic heterocycles. The molecule has 1 aliphatic heterocycles. The van der Waals surface area contributed by atoms with Gasteiger partial charge in [0.2, 0.25) is 0 Å². The van der Waals surface area contributed by atoms with E-state index in [1.165, 1.54) is 0 Å². The van der Waals surface area contributed by atoms with Gasteiger partial charge >= 0.3 is 5.97 Å². The molecule has 2 atom stereocenters. The van der Waals surface area contributed by atoms with Crippen molar-refractivity contribution in [2.24, 2.45) is 5.41 Å². The van der Waals surface area contributed by atoms with E-state index in [1.54, 1.807) is 30.2 Å². The third-order valence-electron chi connectivity index (χ3n) is 7.41. The number of anilines is 1. The van der Waals surface area contributed by atoms with E-state index in [9.17, 15) is 14.7 Å². The highest BCUT2D eigenvalue weighted by Crippen LogP contribution is 2.45. The second kappa shape index (κ2) is 17.2. The third-order valence-corrected chi connectivity index (χ3v) is 8.01. The Labute approximate surface area is 287 Å². The molecule has 0 saturated carbocycles. The normalized spacial score (nSPS) is 16.3. The van der Waals surface area contributed by atoms with Gasteiger partial charge in [0.1, 0.15) is 12.2 Å². The molecule has 0 unspecified atom stereocenters. The van der Waals surface area contributed by atoms with Crippen LogP contribution < -0.4 is 19.7 Å². The third kappa shape index (κ3) is 9.99. The lowest BCUT2D eigenvalue weighted by molar-refractivity contribution is -0.147. The number of benzene rings is 3. The molecule has 11 heteroatoms. The number of amides is 1. The number of nitrogens with zero attached hydrogens (tertiary/aromatic N) is 1. The average Bonchev–Trinajstić information content (AvgIpc) is 3.08. The van der Waals surface area contributed by atoms with Gasteiger partial charge in [0.05, 0.1) is 20.1 Å². The van der Waals surface area contributed by atoms with E-state index in [0.29, 0.717) is 46.5 Å². The van der Waals surface area contributed by atoms with Gasteiger partial charge in [-0.3, -0.25) is 9.59 Å². The maximum atomic E-state index is 13.8. The summed E-state index contributed by atoms with van der Waals surface area (Å²) in [6.07, 6.45) is 0.120. The Morgan fingerprint density at radius 3 is 2.46 bits per heavy atom. The molecule has 250 valence electrons. The molecule has 1 heterocycles. The number of aryl methyl sites for hydroxylation is 1. The molecule has 0 fully saturated rings. The van der Waals surface area contributed by atoms with E-state index in [1.807, 2.05) is 57.2 Å². The number of para-hydroxylation sites is 1. The first-order valence-corrected chi connectivity index (χ1v) is 16.0. The van der Waals surface area contributed by atoms with Crippen LogP contribution in [0.4, 0.5) is 5.69 Å². The Bertz CT molecular complexity index is 1480. The van der Waals surface area contributed by atoms with Crippen molar-refractivity contribution < 1.29 is 28.9 Å². The summed E-state index contributed by atoms with van der Waals surface area (Å²) in [5.41, 5.74) is 2.75.